The molecule has 1 atom stereocenters. The van der Waals surface area contributed by atoms with Crippen LogP contribution in [0.1, 0.15) is 30.4 Å². The van der Waals surface area contributed by atoms with Crippen LogP contribution >= 0.6 is 12.4 Å². The first-order valence-corrected chi connectivity index (χ1v) is 8.75. The molecule has 1 heterocycles. The van der Waals surface area contributed by atoms with Gasteiger partial charge in [0.25, 0.3) is 0 Å². The summed E-state index contributed by atoms with van der Waals surface area (Å²) in [4.78, 5) is 0.402. The van der Waals surface area contributed by atoms with Gasteiger partial charge in [-0.1, -0.05) is 12.1 Å². The number of rotatable bonds is 5. The van der Waals surface area contributed by atoms with Crippen LogP contribution in [0.15, 0.2) is 23.1 Å². The number of nitrogens with one attached hydrogen (secondary N) is 2. The molecule has 1 aliphatic rings. The van der Waals surface area contributed by atoms with Gasteiger partial charge in [-0.25, -0.2) is 13.1 Å². The topological polar surface area (TPSA) is 58.2 Å². The highest BCUT2D eigenvalue weighted by Crippen LogP contribution is 2.17. The maximum Gasteiger partial charge on any atom is 0.240 e. The molecule has 1 aliphatic heterocycles. The van der Waals surface area contributed by atoms with Gasteiger partial charge in [0.1, 0.15) is 0 Å². The number of sulfonamides is 1. The van der Waals surface area contributed by atoms with E-state index in [0.717, 1.165) is 30.6 Å². The Kier molecular flexibility index (Phi) is 7.13. The molecule has 21 heavy (non-hydrogen) atoms. The van der Waals surface area contributed by atoms with Gasteiger partial charge < -0.3 is 5.32 Å². The second-order valence-corrected chi connectivity index (χ2v) is 7.40. The first-order valence-electron chi connectivity index (χ1n) is 7.27. The largest absolute Gasteiger partial charge is 0.316 e. The van der Waals surface area contributed by atoms with Crippen LogP contribution in [0, 0.1) is 19.8 Å². The zero-order chi connectivity index (χ0) is 14.6. The minimum absolute atomic E-state index is 0. The lowest BCUT2D eigenvalue weighted by atomic mass is 9.96. The van der Waals surface area contributed by atoms with E-state index in [-0.39, 0.29) is 12.4 Å². The zero-order valence-electron chi connectivity index (χ0n) is 12.7. The predicted octanol–water partition coefficient (Wildman–Crippen LogP) is 2.39. The third kappa shape index (κ3) is 5.25. The Balaban J connectivity index is 0.00000220. The van der Waals surface area contributed by atoms with E-state index in [4.69, 9.17) is 0 Å². The molecular formula is C15H25ClN2O2S. The molecule has 0 spiro atoms. The van der Waals surface area contributed by atoms with Crippen molar-refractivity contribution in [3.05, 3.63) is 29.3 Å². The molecule has 1 aromatic carbocycles. The molecule has 0 bridgehead atoms. The summed E-state index contributed by atoms with van der Waals surface area (Å²) in [6.07, 6.45) is 3.28. The smallest absolute Gasteiger partial charge is 0.240 e. The van der Waals surface area contributed by atoms with Crippen molar-refractivity contribution in [3.8, 4) is 0 Å². The molecule has 1 saturated heterocycles. The maximum atomic E-state index is 12.3. The van der Waals surface area contributed by atoms with Crippen LogP contribution in [0.4, 0.5) is 0 Å². The van der Waals surface area contributed by atoms with Gasteiger partial charge in [-0.2, -0.15) is 0 Å². The Morgan fingerprint density at radius 2 is 2.10 bits per heavy atom. The van der Waals surface area contributed by atoms with E-state index in [9.17, 15) is 8.42 Å². The second kappa shape index (κ2) is 8.13. The average molecular weight is 333 g/mol. The minimum atomic E-state index is -3.38. The summed E-state index contributed by atoms with van der Waals surface area (Å²) >= 11 is 0. The van der Waals surface area contributed by atoms with E-state index in [1.54, 1.807) is 6.07 Å². The lowest BCUT2D eigenvalue weighted by Crippen LogP contribution is -2.33. The predicted molar refractivity (Wildman–Crippen MR) is 88.6 cm³/mol. The third-order valence-electron chi connectivity index (χ3n) is 3.88. The summed E-state index contributed by atoms with van der Waals surface area (Å²) in [7, 11) is -3.38. The molecule has 0 aliphatic carbocycles. The molecule has 1 aromatic rings. The van der Waals surface area contributed by atoms with E-state index in [1.807, 2.05) is 26.0 Å². The molecule has 0 radical (unpaired) electrons. The lowest BCUT2D eigenvalue weighted by molar-refractivity contribution is 0.358. The summed E-state index contributed by atoms with van der Waals surface area (Å²) in [6, 6.07) is 5.52. The summed E-state index contributed by atoms with van der Waals surface area (Å²) in [6.45, 7) is 6.35. The second-order valence-electron chi connectivity index (χ2n) is 5.67. The van der Waals surface area contributed by atoms with Crippen LogP contribution in [0.2, 0.25) is 0 Å². The van der Waals surface area contributed by atoms with Crippen molar-refractivity contribution in [2.75, 3.05) is 19.6 Å². The fraction of sp³-hybridized carbons (Fsp3) is 0.600. The molecule has 2 N–H and O–H groups in total. The standard InChI is InChI=1S/C15H24N2O2S.ClH/c1-12-5-6-13(2)15(10-12)20(18,19)17-9-7-14-4-3-8-16-11-14;/h5-6,10,14,16-17H,3-4,7-9,11H2,1-2H3;1H. The van der Waals surface area contributed by atoms with Gasteiger partial charge in [0.05, 0.1) is 4.90 Å². The van der Waals surface area contributed by atoms with Gasteiger partial charge in [0.2, 0.25) is 10.0 Å². The Morgan fingerprint density at radius 1 is 1.33 bits per heavy atom. The van der Waals surface area contributed by atoms with Crippen molar-refractivity contribution in [3.63, 3.8) is 0 Å². The quantitative estimate of drug-likeness (QED) is 0.870. The minimum Gasteiger partial charge on any atom is -0.316 e. The van der Waals surface area contributed by atoms with Crippen molar-refractivity contribution >= 4 is 22.4 Å². The molecule has 1 unspecified atom stereocenters. The van der Waals surface area contributed by atoms with Crippen molar-refractivity contribution in [2.24, 2.45) is 5.92 Å². The molecular weight excluding hydrogens is 308 g/mol. The molecule has 6 heteroatoms. The van der Waals surface area contributed by atoms with Gasteiger partial charge in [0, 0.05) is 6.54 Å². The molecule has 1 fully saturated rings. The number of piperidine rings is 1. The Labute approximate surface area is 134 Å². The molecule has 120 valence electrons. The Hall–Kier alpha value is -0.620. The fourth-order valence-electron chi connectivity index (χ4n) is 2.64. The number of aryl methyl sites for hydroxylation is 2. The van der Waals surface area contributed by atoms with Gasteiger partial charge >= 0.3 is 0 Å². The average Bonchev–Trinajstić information content (AvgIpc) is 2.42. The van der Waals surface area contributed by atoms with E-state index in [1.165, 1.54) is 12.8 Å². The van der Waals surface area contributed by atoms with E-state index in [0.29, 0.717) is 17.4 Å². The molecule has 0 amide bonds. The molecule has 4 nitrogen and oxygen atoms in total. The monoisotopic (exact) mass is 332 g/mol. The Bertz CT molecular complexity index is 555. The van der Waals surface area contributed by atoms with Crippen molar-refractivity contribution in [1.29, 1.82) is 0 Å². The lowest BCUT2D eigenvalue weighted by Gasteiger charge is -2.22. The molecule has 2 rings (SSSR count). The van der Waals surface area contributed by atoms with Crippen LogP contribution < -0.4 is 10.0 Å². The van der Waals surface area contributed by atoms with Crippen LogP contribution in [0.3, 0.4) is 0 Å². The van der Waals surface area contributed by atoms with Gasteiger partial charge in [-0.05, 0) is 69.3 Å². The molecule has 0 saturated carbocycles. The number of hydrogen-bond acceptors (Lipinski definition) is 3. The van der Waals surface area contributed by atoms with Crippen LogP contribution in [-0.4, -0.2) is 28.1 Å². The Morgan fingerprint density at radius 3 is 2.76 bits per heavy atom. The third-order valence-corrected chi connectivity index (χ3v) is 5.48. The normalized spacial score (nSPS) is 19.0. The zero-order valence-corrected chi connectivity index (χ0v) is 14.3. The van der Waals surface area contributed by atoms with Crippen LogP contribution in [0.25, 0.3) is 0 Å². The van der Waals surface area contributed by atoms with Gasteiger partial charge in [0.15, 0.2) is 0 Å². The van der Waals surface area contributed by atoms with E-state index in [2.05, 4.69) is 10.0 Å². The van der Waals surface area contributed by atoms with E-state index < -0.39 is 10.0 Å². The fourth-order valence-corrected chi connectivity index (χ4v) is 4.02. The number of halogens is 1. The highest BCUT2D eigenvalue weighted by molar-refractivity contribution is 7.89. The maximum absolute atomic E-state index is 12.3. The summed E-state index contributed by atoms with van der Waals surface area (Å²) in [5.41, 5.74) is 1.76. The van der Waals surface area contributed by atoms with Crippen LogP contribution in [-0.2, 0) is 10.0 Å². The first kappa shape index (κ1) is 18.4. The summed E-state index contributed by atoms with van der Waals surface area (Å²) in [5, 5.41) is 3.35. The highest BCUT2D eigenvalue weighted by Gasteiger charge is 2.18. The van der Waals surface area contributed by atoms with Crippen molar-refractivity contribution in [2.45, 2.75) is 38.0 Å². The van der Waals surface area contributed by atoms with Crippen molar-refractivity contribution in [1.82, 2.24) is 10.0 Å². The highest BCUT2D eigenvalue weighted by atomic mass is 35.5. The van der Waals surface area contributed by atoms with Crippen LogP contribution in [0.5, 0.6) is 0 Å². The van der Waals surface area contributed by atoms with Gasteiger partial charge in [-0.3, -0.25) is 0 Å². The van der Waals surface area contributed by atoms with Gasteiger partial charge in [-0.15, -0.1) is 12.4 Å². The molecule has 0 aromatic heterocycles. The first-order chi connectivity index (χ1) is 9.49. The number of benzene rings is 1. The van der Waals surface area contributed by atoms with Crippen molar-refractivity contribution < 1.29 is 8.42 Å². The van der Waals surface area contributed by atoms with E-state index >= 15 is 0 Å². The summed E-state index contributed by atoms with van der Waals surface area (Å²) in [5.74, 6) is 0.588. The summed E-state index contributed by atoms with van der Waals surface area (Å²) < 4.78 is 27.4. The number of hydrogen-bond donors (Lipinski definition) is 2. The SMILES string of the molecule is Cc1ccc(C)c(S(=O)(=O)NCCC2CCCNC2)c1.Cl.